The Hall–Kier alpha value is -2.09. The summed E-state index contributed by atoms with van der Waals surface area (Å²) in [7, 11) is 3.42. The van der Waals surface area contributed by atoms with Crippen LogP contribution in [0.3, 0.4) is 0 Å². The average Bonchev–Trinajstić information content (AvgIpc) is 3.35. The summed E-state index contributed by atoms with van der Waals surface area (Å²) in [6.45, 7) is 2.73. The van der Waals surface area contributed by atoms with E-state index in [1.807, 2.05) is 12.5 Å². The molecule has 4 rings (SSSR count). The number of hydrogen-bond acceptors (Lipinski definition) is 4. The molecule has 2 atom stereocenters. The molecule has 2 saturated heterocycles. The minimum atomic E-state index is -0.860. The highest BCUT2D eigenvalue weighted by Crippen LogP contribution is 2.43. The molecule has 1 aromatic heterocycles. The first-order valence-corrected chi connectivity index (χ1v) is 10.3. The summed E-state index contributed by atoms with van der Waals surface area (Å²) in [5.41, 5.74) is 0.315. The number of carbonyl (C=O) groups is 2. The molecular formula is C20H31N5O3. The Morgan fingerprint density at radius 1 is 1.21 bits per heavy atom. The molecule has 1 saturated carbocycles. The van der Waals surface area contributed by atoms with Crippen LogP contribution in [0.5, 0.6) is 0 Å². The Morgan fingerprint density at radius 2 is 1.96 bits per heavy atom. The van der Waals surface area contributed by atoms with Crippen molar-refractivity contribution < 1.29 is 14.7 Å². The van der Waals surface area contributed by atoms with Crippen LogP contribution in [-0.2, 0) is 11.3 Å². The predicted molar refractivity (Wildman–Crippen MR) is 104 cm³/mol. The Morgan fingerprint density at radius 3 is 2.61 bits per heavy atom. The van der Waals surface area contributed by atoms with E-state index in [1.54, 1.807) is 19.0 Å². The number of amides is 2. The largest absolute Gasteiger partial charge is 0.481 e. The summed E-state index contributed by atoms with van der Waals surface area (Å²) >= 11 is 0. The summed E-state index contributed by atoms with van der Waals surface area (Å²) < 4.78 is 2.31. The first-order chi connectivity index (χ1) is 13.4. The van der Waals surface area contributed by atoms with E-state index in [0.29, 0.717) is 32.2 Å². The predicted octanol–water partition coefficient (Wildman–Crippen LogP) is 1.89. The second-order valence-corrected chi connectivity index (χ2v) is 8.97. The lowest BCUT2D eigenvalue weighted by Gasteiger charge is -2.28. The second kappa shape index (κ2) is 7.39. The third kappa shape index (κ3) is 3.27. The van der Waals surface area contributed by atoms with Gasteiger partial charge in [-0.2, -0.15) is 0 Å². The van der Waals surface area contributed by atoms with Crippen LogP contribution in [0, 0.1) is 11.3 Å². The number of urea groups is 1. The summed E-state index contributed by atoms with van der Waals surface area (Å²) in [6, 6.07) is 0.423. The van der Waals surface area contributed by atoms with Crippen LogP contribution in [0.4, 0.5) is 4.79 Å². The average molecular weight is 390 g/mol. The fraction of sp³-hybridized carbons (Fsp3) is 0.750. The van der Waals surface area contributed by atoms with Gasteiger partial charge in [-0.15, -0.1) is 0 Å². The molecule has 8 heteroatoms. The molecule has 1 aliphatic carbocycles. The molecule has 0 unspecified atom stereocenters. The van der Waals surface area contributed by atoms with Crippen molar-refractivity contribution in [3.63, 3.8) is 0 Å². The molecule has 28 heavy (non-hydrogen) atoms. The number of rotatable bonds is 4. The highest BCUT2D eigenvalue weighted by Gasteiger charge is 2.58. The third-order valence-electron chi connectivity index (χ3n) is 6.86. The minimum absolute atomic E-state index is 0.0278. The number of carboxylic acid groups (broad SMARTS) is 1. The van der Waals surface area contributed by atoms with Gasteiger partial charge in [-0.05, 0) is 12.8 Å². The van der Waals surface area contributed by atoms with E-state index in [4.69, 9.17) is 0 Å². The standard InChI is InChI=1S/C20H31N5O3/c1-22(2)19(28)24-10-15-9-23(12-20(15,13-24)18(26)27)11-17-8-21-14-25(17)16-6-4-3-5-7-16/h8,14-16H,3-7,9-13H2,1-2H3,(H,26,27)/t15-,20-/m1/s1. The SMILES string of the molecule is CN(C)C(=O)N1C[C@H]2CN(Cc3cncn3C3CCCCC3)C[C@@]2(C(=O)O)C1. The quantitative estimate of drug-likeness (QED) is 0.850. The Balaban J connectivity index is 1.46. The van der Waals surface area contributed by atoms with Crippen LogP contribution in [0.2, 0.25) is 0 Å². The van der Waals surface area contributed by atoms with Crippen molar-refractivity contribution in [2.24, 2.45) is 11.3 Å². The number of imidazole rings is 1. The van der Waals surface area contributed by atoms with Gasteiger partial charge in [0.1, 0.15) is 5.41 Å². The smallest absolute Gasteiger partial charge is 0.319 e. The zero-order chi connectivity index (χ0) is 19.9. The first kappa shape index (κ1) is 19.2. The highest BCUT2D eigenvalue weighted by molar-refractivity contribution is 5.80. The molecule has 3 aliphatic rings. The molecule has 3 fully saturated rings. The van der Waals surface area contributed by atoms with Crippen LogP contribution < -0.4 is 0 Å². The van der Waals surface area contributed by atoms with Crippen LogP contribution in [-0.4, -0.2) is 81.6 Å². The van der Waals surface area contributed by atoms with Gasteiger partial charge in [0.15, 0.2) is 0 Å². The van der Waals surface area contributed by atoms with E-state index in [2.05, 4.69) is 14.5 Å². The molecule has 1 N–H and O–H groups in total. The van der Waals surface area contributed by atoms with E-state index < -0.39 is 11.4 Å². The van der Waals surface area contributed by atoms with Gasteiger partial charge >= 0.3 is 12.0 Å². The van der Waals surface area contributed by atoms with Gasteiger partial charge in [-0.3, -0.25) is 9.69 Å². The summed E-state index contributed by atoms with van der Waals surface area (Å²) in [4.78, 5) is 34.4. The first-order valence-electron chi connectivity index (χ1n) is 10.3. The maximum absolute atomic E-state index is 12.3. The molecule has 0 radical (unpaired) electrons. The van der Waals surface area contributed by atoms with Gasteiger partial charge in [0.2, 0.25) is 0 Å². The molecule has 154 valence electrons. The summed E-state index contributed by atoms with van der Waals surface area (Å²) in [5, 5.41) is 10.0. The Kier molecular flexibility index (Phi) is 5.07. The van der Waals surface area contributed by atoms with Crippen molar-refractivity contribution in [3.8, 4) is 0 Å². The number of nitrogens with zero attached hydrogens (tertiary/aromatic N) is 5. The van der Waals surface area contributed by atoms with Gasteiger partial charge in [0.25, 0.3) is 0 Å². The van der Waals surface area contributed by atoms with Gasteiger partial charge < -0.3 is 19.5 Å². The van der Waals surface area contributed by atoms with Crippen molar-refractivity contribution in [3.05, 3.63) is 18.2 Å². The van der Waals surface area contributed by atoms with Gasteiger partial charge in [0, 0.05) is 65.0 Å². The third-order valence-corrected chi connectivity index (χ3v) is 6.86. The van der Waals surface area contributed by atoms with E-state index in [0.717, 1.165) is 6.54 Å². The fourth-order valence-corrected chi connectivity index (χ4v) is 5.39. The topological polar surface area (TPSA) is 81.9 Å². The van der Waals surface area contributed by atoms with E-state index in [9.17, 15) is 14.7 Å². The number of carbonyl (C=O) groups excluding carboxylic acids is 1. The lowest BCUT2D eigenvalue weighted by molar-refractivity contribution is -0.148. The zero-order valence-electron chi connectivity index (χ0n) is 16.9. The molecular weight excluding hydrogens is 358 g/mol. The number of aromatic nitrogens is 2. The van der Waals surface area contributed by atoms with Crippen molar-refractivity contribution in [1.29, 1.82) is 0 Å². The van der Waals surface area contributed by atoms with E-state index >= 15 is 0 Å². The van der Waals surface area contributed by atoms with Crippen LogP contribution >= 0.6 is 0 Å². The number of fused-ring (bicyclic) bond motifs is 1. The lowest BCUT2D eigenvalue weighted by atomic mass is 9.81. The molecule has 3 heterocycles. The normalized spacial score (nSPS) is 28.5. The maximum atomic E-state index is 12.3. The Bertz CT molecular complexity index is 742. The summed E-state index contributed by atoms with van der Waals surface area (Å²) in [6.07, 6.45) is 10.1. The molecule has 2 aliphatic heterocycles. The van der Waals surface area contributed by atoms with Crippen LogP contribution in [0.15, 0.2) is 12.5 Å². The van der Waals surface area contributed by atoms with Gasteiger partial charge in [-0.25, -0.2) is 9.78 Å². The van der Waals surface area contributed by atoms with Crippen molar-refractivity contribution in [2.75, 3.05) is 40.3 Å². The monoisotopic (exact) mass is 389 g/mol. The summed E-state index contributed by atoms with van der Waals surface area (Å²) in [5.74, 6) is -0.810. The molecule has 2 amide bonds. The number of likely N-dealkylation sites (tertiary alicyclic amines) is 2. The Labute approximate surface area is 166 Å². The van der Waals surface area contributed by atoms with Gasteiger partial charge in [0.05, 0.1) is 12.0 Å². The number of hydrogen-bond donors (Lipinski definition) is 1. The lowest BCUT2D eigenvalue weighted by Crippen LogP contribution is -2.44. The molecule has 8 nitrogen and oxygen atoms in total. The zero-order valence-corrected chi connectivity index (χ0v) is 16.9. The molecule has 0 aromatic carbocycles. The van der Waals surface area contributed by atoms with Crippen LogP contribution in [0.25, 0.3) is 0 Å². The van der Waals surface area contributed by atoms with Crippen molar-refractivity contribution >= 4 is 12.0 Å². The fourth-order valence-electron chi connectivity index (χ4n) is 5.39. The molecule has 0 spiro atoms. The molecule has 0 bridgehead atoms. The van der Waals surface area contributed by atoms with E-state index in [1.165, 1.54) is 42.7 Å². The van der Waals surface area contributed by atoms with Gasteiger partial charge in [-0.1, -0.05) is 19.3 Å². The van der Waals surface area contributed by atoms with Crippen molar-refractivity contribution in [1.82, 2.24) is 24.3 Å². The number of aliphatic carboxylic acids is 1. The minimum Gasteiger partial charge on any atom is -0.481 e. The van der Waals surface area contributed by atoms with E-state index in [-0.39, 0.29) is 11.9 Å². The highest BCUT2D eigenvalue weighted by atomic mass is 16.4. The van der Waals surface area contributed by atoms with Crippen molar-refractivity contribution in [2.45, 2.75) is 44.7 Å². The number of carboxylic acids is 1. The maximum Gasteiger partial charge on any atom is 0.319 e. The second-order valence-electron chi connectivity index (χ2n) is 8.97. The molecule has 1 aromatic rings. The van der Waals surface area contributed by atoms with Crippen LogP contribution in [0.1, 0.15) is 43.8 Å².